The second kappa shape index (κ2) is 7.40. The molecule has 2 unspecified atom stereocenters. The second-order valence-electron chi connectivity index (χ2n) is 6.49. The number of nitrogens with one attached hydrogen (secondary N) is 1. The van der Waals surface area contributed by atoms with Crippen LogP contribution in [-0.4, -0.2) is 64.6 Å². The third kappa shape index (κ3) is 3.90. The highest BCUT2D eigenvalue weighted by atomic mass is 16.5. The molecular weight excluding hydrogens is 294 g/mol. The molecule has 1 N–H and O–H groups in total. The average Bonchev–Trinajstić information content (AvgIpc) is 3.25. The number of hydrogen-bond acceptors (Lipinski definition) is 6. The van der Waals surface area contributed by atoms with Crippen molar-refractivity contribution in [3.8, 4) is 0 Å². The van der Waals surface area contributed by atoms with Gasteiger partial charge in [-0.05, 0) is 26.3 Å². The Balaban J connectivity index is 1.48. The topological polar surface area (TPSA) is 74.5 Å². The van der Waals surface area contributed by atoms with Crippen molar-refractivity contribution in [2.24, 2.45) is 0 Å². The largest absolute Gasteiger partial charge is 0.340 e. The van der Waals surface area contributed by atoms with Gasteiger partial charge in [0.15, 0.2) is 5.82 Å². The lowest BCUT2D eigenvalue weighted by atomic mass is 10.1. The number of nitrogens with zero attached hydrogens (tertiary/aromatic N) is 4. The first-order valence-electron chi connectivity index (χ1n) is 8.75. The summed E-state index contributed by atoms with van der Waals surface area (Å²) < 4.78 is 5.34. The van der Waals surface area contributed by atoms with Gasteiger partial charge in [0.05, 0.1) is 6.04 Å². The molecule has 1 aromatic heterocycles. The van der Waals surface area contributed by atoms with Gasteiger partial charge >= 0.3 is 0 Å². The molecule has 128 valence electrons. The summed E-state index contributed by atoms with van der Waals surface area (Å²) in [6.45, 7) is 8.43. The third-order valence-electron chi connectivity index (χ3n) is 4.96. The lowest BCUT2D eigenvalue weighted by Gasteiger charge is -2.37. The van der Waals surface area contributed by atoms with Gasteiger partial charge in [-0.25, -0.2) is 0 Å². The molecule has 2 saturated heterocycles. The van der Waals surface area contributed by atoms with Gasteiger partial charge in [-0.3, -0.25) is 9.69 Å². The average molecular weight is 321 g/mol. The molecule has 2 atom stereocenters. The highest BCUT2D eigenvalue weighted by molar-refractivity contribution is 5.77. The molecule has 0 aliphatic carbocycles. The first kappa shape index (κ1) is 16.4. The lowest BCUT2D eigenvalue weighted by Crippen LogP contribution is -2.50. The Labute approximate surface area is 137 Å². The maximum absolute atomic E-state index is 12.4. The fourth-order valence-electron chi connectivity index (χ4n) is 3.37. The Kier molecular flexibility index (Phi) is 5.27. The molecular formula is C16H27N5O2. The summed E-state index contributed by atoms with van der Waals surface area (Å²) in [4.78, 5) is 21.1. The smallest absolute Gasteiger partial charge is 0.243 e. The Morgan fingerprint density at radius 1 is 1.39 bits per heavy atom. The van der Waals surface area contributed by atoms with E-state index < -0.39 is 0 Å². The molecule has 0 saturated carbocycles. The van der Waals surface area contributed by atoms with Crippen molar-refractivity contribution in [2.75, 3.05) is 32.7 Å². The zero-order valence-corrected chi connectivity index (χ0v) is 14.1. The van der Waals surface area contributed by atoms with Crippen LogP contribution in [0.4, 0.5) is 0 Å². The molecule has 7 heteroatoms. The number of aromatic nitrogens is 2. The van der Waals surface area contributed by atoms with Crippen LogP contribution in [0.3, 0.4) is 0 Å². The van der Waals surface area contributed by atoms with E-state index in [1.54, 1.807) is 0 Å². The number of rotatable bonds is 5. The van der Waals surface area contributed by atoms with Crippen LogP contribution in [-0.2, 0) is 11.2 Å². The first-order chi connectivity index (χ1) is 11.2. The molecule has 0 spiro atoms. The van der Waals surface area contributed by atoms with Crippen molar-refractivity contribution < 1.29 is 9.32 Å². The number of aryl methyl sites for hydroxylation is 1. The predicted octanol–water partition coefficient (Wildman–Crippen LogP) is 0.979. The summed E-state index contributed by atoms with van der Waals surface area (Å²) in [6, 6.07) is 0.488. The van der Waals surface area contributed by atoms with Crippen LogP contribution in [0.1, 0.15) is 50.9 Å². The molecule has 7 nitrogen and oxygen atoms in total. The van der Waals surface area contributed by atoms with Gasteiger partial charge in [0.25, 0.3) is 0 Å². The van der Waals surface area contributed by atoms with Crippen LogP contribution in [0.2, 0.25) is 0 Å². The van der Waals surface area contributed by atoms with Crippen molar-refractivity contribution in [2.45, 2.75) is 51.6 Å². The van der Waals surface area contributed by atoms with E-state index in [1.807, 2.05) is 11.8 Å². The highest BCUT2D eigenvalue weighted by Gasteiger charge is 2.28. The fraction of sp³-hybridized carbons (Fsp3) is 0.812. The molecule has 1 aromatic rings. The van der Waals surface area contributed by atoms with Crippen LogP contribution in [0, 0.1) is 0 Å². The van der Waals surface area contributed by atoms with Crippen LogP contribution in [0.15, 0.2) is 4.52 Å². The summed E-state index contributed by atoms with van der Waals surface area (Å²) in [5.41, 5.74) is 0. The molecule has 0 bridgehead atoms. The van der Waals surface area contributed by atoms with Crippen LogP contribution in [0.5, 0.6) is 0 Å². The first-order valence-corrected chi connectivity index (χ1v) is 8.75. The van der Waals surface area contributed by atoms with Crippen LogP contribution >= 0.6 is 0 Å². The SMILES string of the molecule is CCc1noc(C(C)N2CCN(C(=O)CC3CCCN3)CC2)n1. The molecule has 23 heavy (non-hydrogen) atoms. The Morgan fingerprint density at radius 3 is 2.78 bits per heavy atom. The van der Waals surface area contributed by atoms with Gasteiger partial charge in [-0.2, -0.15) is 4.98 Å². The number of piperazine rings is 1. The van der Waals surface area contributed by atoms with Crippen LogP contribution < -0.4 is 5.32 Å². The molecule has 0 aromatic carbocycles. The van der Waals surface area contributed by atoms with Crippen LogP contribution in [0.25, 0.3) is 0 Å². The summed E-state index contributed by atoms with van der Waals surface area (Å²) >= 11 is 0. The molecule has 1 amide bonds. The molecule has 2 fully saturated rings. The summed E-state index contributed by atoms with van der Waals surface area (Å²) in [7, 11) is 0. The molecule has 2 aliphatic rings. The van der Waals surface area contributed by atoms with Gasteiger partial charge in [-0.1, -0.05) is 12.1 Å². The predicted molar refractivity (Wildman–Crippen MR) is 85.9 cm³/mol. The zero-order valence-electron chi connectivity index (χ0n) is 14.1. The van der Waals surface area contributed by atoms with E-state index in [1.165, 1.54) is 6.42 Å². The summed E-state index contributed by atoms with van der Waals surface area (Å²) in [5, 5.41) is 7.36. The number of carbonyl (C=O) groups excluding carboxylic acids is 1. The molecule has 0 radical (unpaired) electrons. The van der Waals surface area contributed by atoms with Gasteiger partial charge in [0.1, 0.15) is 0 Å². The Bertz CT molecular complexity index is 518. The van der Waals surface area contributed by atoms with E-state index in [0.717, 1.165) is 51.4 Å². The van der Waals surface area contributed by atoms with Crippen molar-refractivity contribution in [3.63, 3.8) is 0 Å². The van der Waals surface area contributed by atoms with E-state index in [-0.39, 0.29) is 11.9 Å². The minimum absolute atomic E-state index is 0.108. The number of hydrogen-bond donors (Lipinski definition) is 1. The summed E-state index contributed by atoms with van der Waals surface area (Å²) in [6.07, 6.45) is 3.74. The minimum Gasteiger partial charge on any atom is -0.340 e. The second-order valence-corrected chi connectivity index (χ2v) is 6.49. The minimum atomic E-state index is 0.108. The maximum atomic E-state index is 12.4. The van der Waals surface area contributed by atoms with E-state index >= 15 is 0 Å². The quantitative estimate of drug-likeness (QED) is 0.871. The molecule has 2 aliphatic heterocycles. The monoisotopic (exact) mass is 321 g/mol. The lowest BCUT2D eigenvalue weighted by molar-refractivity contribution is -0.133. The van der Waals surface area contributed by atoms with Crippen molar-refractivity contribution in [1.29, 1.82) is 0 Å². The number of amides is 1. The molecule has 3 heterocycles. The third-order valence-corrected chi connectivity index (χ3v) is 4.96. The fourth-order valence-corrected chi connectivity index (χ4v) is 3.37. The standard InChI is InChI=1S/C16H27N5O2/c1-3-14-18-16(23-19-14)12(2)20-7-9-21(10-8-20)15(22)11-13-5-4-6-17-13/h12-13,17H,3-11H2,1-2H3. The zero-order chi connectivity index (χ0) is 16.2. The van der Waals surface area contributed by atoms with Gasteiger partial charge in [0, 0.05) is 45.1 Å². The van der Waals surface area contributed by atoms with Crippen molar-refractivity contribution in [3.05, 3.63) is 11.7 Å². The van der Waals surface area contributed by atoms with E-state index in [9.17, 15) is 4.79 Å². The van der Waals surface area contributed by atoms with E-state index in [2.05, 4.69) is 27.3 Å². The normalized spacial score (nSPS) is 24.1. The van der Waals surface area contributed by atoms with Gasteiger partial charge in [0.2, 0.25) is 11.8 Å². The van der Waals surface area contributed by atoms with Gasteiger partial charge < -0.3 is 14.7 Å². The van der Waals surface area contributed by atoms with E-state index in [4.69, 9.17) is 4.52 Å². The Morgan fingerprint density at radius 2 is 2.17 bits per heavy atom. The maximum Gasteiger partial charge on any atom is 0.243 e. The van der Waals surface area contributed by atoms with Gasteiger partial charge in [-0.15, -0.1) is 0 Å². The summed E-state index contributed by atoms with van der Waals surface area (Å²) in [5.74, 6) is 1.71. The molecule has 3 rings (SSSR count). The highest BCUT2D eigenvalue weighted by Crippen LogP contribution is 2.21. The van der Waals surface area contributed by atoms with E-state index in [0.29, 0.717) is 18.4 Å². The van der Waals surface area contributed by atoms with Crippen molar-refractivity contribution >= 4 is 5.91 Å². The number of carbonyl (C=O) groups is 1. The van der Waals surface area contributed by atoms with Crippen molar-refractivity contribution in [1.82, 2.24) is 25.3 Å². The Hall–Kier alpha value is -1.47.